The van der Waals surface area contributed by atoms with Gasteiger partial charge in [0.05, 0.1) is 28.5 Å². The van der Waals surface area contributed by atoms with Crippen LogP contribution in [0.5, 0.6) is 5.75 Å². The van der Waals surface area contributed by atoms with E-state index >= 15 is 0 Å². The van der Waals surface area contributed by atoms with Crippen LogP contribution in [0, 0.1) is 6.92 Å². The summed E-state index contributed by atoms with van der Waals surface area (Å²) in [5.74, 6) is 0.126. The smallest absolute Gasteiger partial charge is 0.338 e. The summed E-state index contributed by atoms with van der Waals surface area (Å²) in [6, 6.07) is 15.0. The summed E-state index contributed by atoms with van der Waals surface area (Å²) < 4.78 is 15.8. The molecule has 0 bridgehead atoms. The van der Waals surface area contributed by atoms with Gasteiger partial charge in [-0.05, 0) is 52.8 Å². The Bertz CT molecular complexity index is 1770. The van der Waals surface area contributed by atoms with Crippen LogP contribution in [0.2, 0.25) is 0 Å². The van der Waals surface area contributed by atoms with Gasteiger partial charge in [-0.2, -0.15) is 0 Å². The van der Waals surface area contributed by atoms with Gasteiger partial charge in [0, 0.05) is 34.8 Å². The Balaban J connectivity index is 1.79. The molecular formula is C30H31N3O4S. The fourth-order valence-electron chi connectivity index (χ4n) is 5.02. The Labute approximate surface area is 225 Å². The van der Waals surface area contributed by atoms with E-state index in [1.54, 1.807) is 18.4 Å². The molecule has 1 atom stereocenters. The van der Waals surface area contributed by atoms with Crippen LogP contribution in [-0.2, 0) is 16.6 Å². The van der Waals surface area contributed by atoms with Crippen LogP contribution in [0.1, 0.15) is 50.6 Å². The molecule has 1 aliphatic heterocycles. The van der Waals surface area contributed by atoms with Crippen LogP contribution < -0.4 is 19.6 Å². The highest BCUT2D eigenvalue weighted by molar-refractivity contribution is 7.07. The van der Waals surface area contributed by atoms with E-state index < -0.39 is 12.0 Å². The highest BCUT2D eigenvalue weighted by Gasteiger charge is 2.35. The number of nitrogens with zero attached hydrogens (tertiary/aromatic N) is 3. The van der Waals surface area contributed by atoms with E-state index in [1.807, 2.05) is 70.3 Å². The summed E-state index contributed by atoms with van der Waals surface area (Å²) in [5.41, 5.74) is 4.53. The molecule has 38 heavy (non-hydrogen) atoms. The van der Waals surface area contributed by atoms with Gasteiger partial charge in [0.1, 0.15) is 11.8 Å². The normalized spacial score (nSPS) is 15.7. The number of ether oxygens (including phenoxy) is 2. The molecule has 196 valence electrons. The molecule has 5 rings (SSSR count). The van der Waals surface area contributed by atoms with Gasteiger partial charge < -0.3 is 14.0 Å². The number of hydrogen-bond donors (Lipinski definition) is 0. The zero-order valence-electron chi connectivity index (χ0n) is 22.4. The van der Waals surface area contributed by atoms with Crippen molar-refractivity contribution >= 4 is 34.3 Å². The second kappa shape index (κ2) is 10.1. The molecule has 4 aromatic rings. The maximum atomic E-state index is 14.1. The molecule has 0 aliphatic carbocycles. The van der Waals surface area contributed by atoms with Crippen molar-refractivity contribution in [3.8, 4) is 5.75 Å². The standard InChI is InChI=1S/C30H31N3O4S/c1-7-36-29(35)26-18(4)31-30-33(27(26)21-13-9-11-15-24(21)37-17(2)3)28(34)25(38-30)16-22-19(5)32(6)23-14-10-8-12-20(22)23/h8-17,27H,7H2,1-6H3/b25-16+/t27-/m1/s1. The number of carbonyl (C=O) groups excluding carboxylic acids is 1. The van der Waals surface area contributed by atoms with Gasteiger partial charge in [0.25, 0.3) is 5.56 Å². The van der Waals surface area contributed by atoms with Gasteiger partial charge in [-0.15, -0.1) is 0 Å². The predicted molar refractivity (Wildman–Crippen MR) is 150 cm³/mol. The minimum Gasteiger partial charge on any atom is -0.491 e. The Morgan fingerprint density at radius 2 is 1.84 bits per heavy atom. The van der Waals surface area contributed by atoms with E-state index in [9.17, 15) is 9.59 Å². The lowest BCUT2D eigenvalue weighted by atomic mass is 9.95. The van der Waals surface area contributed by atoms with Crippen molar-refractivity contribution in [2.45, 2.75) is 46.8 Å². The Morgan fingerprint density at radius 1 is 1.13 bits per heavy atom. The topological polar surface area (TPSA) is 74.8 Å². The van der Waals surface area contributed by atoms with Crippen molar-refractivity contribution in [1.29, 1.82) is 0 Å². The van der Waals surface area contributed by atoms with E-state index in [1.165, 1.54) is 11.3 Å². The first kappa shape index (κ1) is 25.7. The van der Waals surface area contributed by atoms with Crippen LogP contribution in [0.4, 0.5) is 0 Å². The minimum atomic E-state index is -0.726. The van der Waals surface area contributed by atoms with Gasteiger partial charge in [0.15, 0.2) is 4.80 Å². The molecule has 0 radical (unpaired) electrons. The molecular weight excluding hydrogens is 498 g/mol. The molecule has 2 aromatic carbocycles. The highest BCUT2D eigenvalue weighted by atomic mass is 32.1. The summed E-state index contributed by atoms with van der Waals surface area (Å²) in [6.45, 7) is 9.72. The molecule has 0 N–H and O–H groups in total. The summed E-state index contributed by atoms with van der Waals surface area (Å²) in [7, 11) is 2.03. The lowest BCUT2D eigenvalue weighted by Crippen LogP contribution is -2.40. The Morgan fingerprint density at radius 3 is 2.58 bits per heavy atom. The number of aryl methyl sites for hydroxylation is 1. The first-order valence-corrected chi connectivity index (χ1v) is 13.5. The van der Waals surface area contributed by atoms with Crippen LogP contribution in [0.15, 0.2) is 69.6 Å². The molecule has 7 nitrogen and oxygen atoms in total. The SMILES string of the molecule is CCOC(=O)C1=C(C)N=c2s/c(=C/c3c(C)n(C)c4ccccc34)c(=O)n2[C@@H]1c1ccccc1OC(C)C. The number of carbonyl (C=O) groups is 1. The van der Waals surface area contributed by atoms with Gasteiger partial charge in [0.2, 0.25) is 0 Å². The molecule has 0 fully saturated rings. The molecule has 0 amide bonds. The number of fused-ring (bicyclic) bond motifs is 2. The molecule has 3 heterocycles. The maximum absolute atomic E-state index is 14.1. The number of thiazole rings is 1. The third kappa shape index (κ3) is 4.28. The van der Waals surface area contributed by atoms with Crippen LogP contribution >= 0.6 is 11.3 Å². The molecule has 0 spiro atoms. The van der Waals surface area contributed by atoms with Crippen molar-refractivity contribution in [3.05, 3.63) is 96.3 Å². The molecule has 8 heteroatoms. The molecule has 0 saturated heterocycles. The fourth-order valence-corrected chi connectivity index (χ4v) is 6.05. The van der Waals surface area contributed by atoms with E-state index in [2.05, 4.69) is 16.7 Å². The van der Waals surface area contributed by atoms with Crippen LogP contribution in [0.25, 0.3) is 17.0 Å². The summed E-state index contributed by atoms with van der Waals surface area (Å²) >= 11 is 1.32. The second-order valence-corrected chi connectivity index (χ2v) is 10.6. The Kier molecular flexibility index (Phi) is 6.84. The zero-order valence-corrected chi connectivity index (χ0v) is 23.3. The van der Waals surface area contributed by atoms with Gasteiger partial charge in [-0.25, -0.2) is 9.79 Å². The third-order valence-corrected chi connectivity index (χ3v) is 7.80. The minimum absolute atomic E-state index is 0.0857. The number of benzene rings is 2. The quantitative estimate of drug-likeness (QED) is 0.348. The van der Waals surface area contributed by atoms with Crippen molar-refractivity contribution in [3.63, 3.8) is 0 Å². The maximum Gasteiger partial charge on any atom is 0.338 e. The first-order valence-electron chi connectivity index (χ1n) is 12.7. The average Bonchev–Trinajstić information content (AvgIpc) is 3.32. The van der Waals surface area contributed by atoms with Crippen LogP contribution in [0.3, 0.4) is 0 Å². The van der Waals surface area contributed by atoms with E-state index in [4.69, 9.17) is 14.5 Å². The van der Waals surface area contributed by atoms with Crippen molar-refractivity contribution < 1.29 is 14.3 Å². The molecule has 2 aromatic heterocycles. The molecule has 0 unspecified atom stereocenters. The monoisotopic (exact) mass is 529 g/mol. The van der Waals surface area contributed by atoms with E-state index in [0.29, 0.717) is 31.9 Å². The number of esters is 1. The average molecular weight is 530 g/mol. The van der Waals surface area contributed by atoms with Crippen molar-refractivity contribution in [1.82, 2.24) is 9.13 Å². The largest absolute Gasteiger partial charge is 0.491 e. The summed E-state index contributed by atoms with van der Waals surface area (Å²) in [6.07, 6.45) is 1.86. The molecule has 0 saturated carbocycles. The number of aromatic nitrogens is 2. The number of hydrogen-bond acceptors (Lipinski definition) is 6. The van der Waals surface area contributed by atoms with Crippen molar-refractivity contribution in [2.24, 2.45) is 12.0 Å². The number of allylic oxidation sites excluding steroid dienone is 1. The predicted octanol–water partition coefficient (Wildman–Crippen LogP) is 4.39. The first-order chi connectivity index (χ1) is 18.2. The lowest BCUT2D eigenvalue weighted by Gasteiger charge is -2.26. The van der Waals surface area contributed by atoms with E-state index in [0.717, 1.165) is 22.2 Å². The van der Waals surface area contributed by atoms with Crippen molar-refractivity contribution in [2.75, 3.05) is 6.61 Å². The van der Waals surface area contributed by atoms with Gasteiger partial charge in [-0.1, -0.05) is 47.7 Å². The highest BCUT2D eigenvalue weighted by Crippen LogP contribution is 2.36. The lowest BCUT2D eigenvalue weighted by molar-refractivity contribution is -0.139. The summed E-state index contributed by atoms with van der Waals surface area (Å²) in [4.78, 5) is 32.6. The van der Waals surface area contributed by atoms with Crippen LogP contribution in [-0.4, -0.2) is 27.8 Å². The fraction of sp³-hybridized carbons (Fsp3) is 0.300. The van der Waals surface area contributed by atoms with E-state index in [-0.39, 0.29) is 18.3 Å². The second-order valence-electron chi connectivity index (χ2n) is 9.58. The summed E-state index contributed by atoms with van der Waals surface area (Å²) in [5, 5.41) is 1.08. The number of para-hydroxylation sites is 2. The zero-order chi connectivity index (χ0) is 27.1. The van der Waals surface area contributed by atoms with Gasteiger partial charge >= 0.3 is 5.97 Å². The number of rotatable bonds is 6. The van der Waals surface area contributed by atoms with Gasteiger partial charge in [-0.3, -0.25) is 9.36 Å². The Hall–Kier alpha value is -3.91. The third-order valence-electron chi connectivity index (χ3n) is 6.82. The molecule has 1 aliphatic rings.